The average molecular weight is 1550 g/mol. The van der Waals surface area contributed by atoms with Crippen molar-refractivity contribution in [3.63, 3.8) is 0 Å². The van der Waals surface area contributed by atoms with E-state index in [0.29, 0.717) is 25.7 Å². The Morgan fingerprint density at radius 1 is 0.269 bits per heavy atom. The number of unbranched alkanes of at least 4 members (excludes halogenated alkanes) is 25. The minimum absolute atomic E-state index is 0.0589. The van der Waals surface area contributed by atoms with Gasteiger partial charge in [-0.15, -0.1) is 0 Å². The predicted molar refractivity (Wildman–Crippen MR) is 445 cm³/mol. The van der Waals surface area contributed by atoms with Gasteiger partial charge >= 0.3 is 39.5 Å². The summed E-state index contributed by atoms with van der Waals surface area (Å²) >= 11 is 0. The highest BCUT2D eigenvalue weighted by atomic mass is 31.2. The van der Waals surface area contributed by atoms with E-state index in [1.54, 1.807) is 0 Å². The zero-order valence-electron chi connectivity index (χ0n) is 67.5. The molecule has 5 unspecified atom stereocenters. The second-order valence-corrected chi connectivity index (χ2v) is 30.2. The van der Waals surface area contributed by atoms with Crippen molar-refractivity contribution in [1.29, 1.82) is 0 Å². The quantitative estimate of drug-likeness (QED) is 0.0169. The lowest BCUT2D eigenvalue weighted by Crippen LogP contribution is -2.30. The molecule has 0 saturated heterocycles. The van der Waals surface area contributed by atoms with Gasteiger partial charge in [0.25, 0.3) is 0 Å². The highest BCUT2D eigenvalue weighted by molar-refractivity contribution is 7.47. The first-order chi connectivity index (χ1) is 52.7. The first-order valence-corrected chi connectivity index (χ1v) is 44.7. The van der Waals surface area contributed by atoms with Crippen LogP contribution >= 0.6 is 15.6 Å². The van der Waals surface area contributed by atoms with E-state index in [2.05, 4.69) is 186 Å². The zero-order chi connectivity index (χ0) is 78.9. The van der Waals surface area contributed by atoms with E-state index in [0.717, 1.165) is 225 Å². The fourth-order valence-corrected chi connectivity index (χ4v) is 12.2. The number of ether oxygens (including phenoxy) is 4. The molecule has 0 spiro atoms. The Kier molecular flexibility index (Phi) is 75.8. The molecule has 0 aromatic carbocycles. The molecule has 0 radical (unpaired) electrons. The number of hydrogen-bond donors (Lipinski definition) is 3. The maximum atomic E-state index is 13.1. The average Bonchev–Trinajstić information content (AvgIpc) is 0.916. The maximum absolute atomic E-state index is 13.1. The molecule has 0 aromatic heterocycles. The third-order valence-electron chi connectivity index (χ3n) is 16.9. The summed E-state index contributed by atoms with van der Waals surface area (Å²) in [6, 6.07) is 0. The van der Waals surface area contributed by atoms with Crippen LogP contribution in [-0.2, 0) is 65.4 Å². The van der Waals surface area contributed by atoms with Gasteiger partial charge in [0, 0.05) is 25.7 Å². The van der Waals surface area contributed by atoms with E-state index in [1.807, 2.05) is 0 Å². The number of phosphoric ester groups is 2. The number of esters is 4. The molecule has 616 valence electrons. The molecule has 0 aliphatic carbocycles. The van der Waals surface area contributed by atoms with Gasteiger partial charge in [0.1, 0.15) is 19.3 Å². The van der Waals surface area contributed by atoms with Gasteiger partial charge in [-0.3, -0.25) is 37.3 Å². The van der Waals surface area contributed by atoms with Crippen LogP contribution in [0.5, 0.6) is 0 Å². The molecule has 3 N–H and O–H groups in total. The maximum Gasteiger partial charge on any atom is 0.472 e. The first-order valence-electron chi connectivity index (χ1n) is 41.7. The van der Waals surface area contributed by atoms with Crippen molar-refractivity contribution >= 4 is 39.5 Å². The van der Waals surface area contributed by atoms with E-state index in [1.165, 1.54) is 19.3 Å². The molecule has 108 heavy (non-hydrogen) atoms. The van der Waals surface area contributed by atoms with Crippen LogP contribution in [0.1, 0.15) is 323 Å². The van der Waals surface area contributed by atoms with E-state index in [4.69, 9.17) is 37.0 Å². The summed E-state index contributed by atoms with van der Waals surface area (Å²) in [7, 11) is -9.99. The van der Waals surface area contributed by atoms with Crippen molar-refractivity contribution in [2.75, 3.05) is 39.6 Å². The number of hydrogen-bond acceptors (Lipinski definition) is 15. The van der Waals surface area contributed by atoms with Crippen molar-refractivity contribution in [3.05, 3.63) is 158 Å². The molecule has 19 heteroatoms. The van der Waals surface area contributed by atoms with Crippen molar-refractivity contribution in [2.45, 2.75) is 341 Å². The number of carbonyl (C=O) groups is 4. The fourth-order valence-electron chi connectivity index (χ4n) is 10.7. The topological polar surface area (TPSA) is 237 Å². The molecule has 17 nitrogen and oxygen atoms in total. The SMILES string of the molecule is CC/C=C\C/C=C\C/C=C\C/C=C\CCCCCCCCC(=O)OCC(COP(=O)(O)OCC(O)COP(=O)(O)OCC(COC(=O)CCCCCCCC/C=C\C/C=C\C/C=C\CCCCC)OC(=O)CCCCCC/C=C\C/C=C\C/C=C\C/C=C\CC)OC(=O)CCCCCCC/C=C\C/C=C\CCC. The standard InChI is InChI=1S/C89H148O17P2/c1-5-9-13-17-21-25-29-33-36-39-41-44-46-50-53-57-61-65-69-73-86(91)99-79-84(105-88(93)75-71-67-63-59-55-49-32-28-24-20-16-12-8-4)81-103-107(95,96)101-77-83(90)78-102-108(97,98)104-82-85(106-89(94)76-72-68-64-60-56-52-48-43-38-35-31-27-23-19-15-11-7-3)80-100-87(92)74-70-66-62-58-54-51-47-45-42-40-37-34-30-26-22-18-14-10-6-2/h9,11,13,15-16,20-23,25-28,32-38,41-42,44-45,48,52,83-85,90H,5-8,10,12,14,17-19,24,29-31,39-40,43,46-47,49-51,53-82H2,1-4H3,(H,95,96)(H,97,98)/b13-9-,15-11-,20-16-,25-21-,26-22-,27-23-,32-28-,36-33-,37-34-,38-35-,44-41-,45-42-,52-48-. The number of phosphoric acid groups is 2. The number of rotatable bonds is 77. The minimum atomic E-state index is -5.00. The number of carbonyl (C=O) groups excluding carboxylic acids is 4. The Morgan fingerprint density at radius 2 is 0.500 bits per heavy atom. The molecule has 5 atom stereocenters. The molecule has 0 aromatic rings. The lowest BCUT2D eigenvalue weighted by molar-refractivity contribution is -0.161. The first kappa shape index (κ1) is 103. The van der Waals surface area contributed by atoms with Gasteiger partial charge in [-0.1, -0.05) is 288 Å². The van der Waals surface area contributed by atoms with Crippen LogP contribution in [0.4, 0.5) is 0 Å². The third kappa shape index (κ3) is 78.8. The summed E-state index contributed by atoms with van der Waals surface area (Å²) in [5, 5.41) is 10.7. The molecule has 0 heterocycles. The molecule has 0 aliphatic rings. The smallest absolute Gasteiger partial charge is 0.462 e. The molecule has 0 aliphatic heterocycles. The van der Waals surface area contributed by atoms with E-state index < -0.39 is 97.5 Å². The molecule has 0 bridgehead atoms. The van der Waals surface area contributed by atoms with Gasteiger partial charge in [-0.05, 0) is 167 Å². The Morgan fingerprint density at radius 3 is 0.778 bits per heavy atom. The van der Waals surface area contributed by atoms with Crippen LogP contribution in [0.15, 0.2) is 158 Å². The second-order valence-electron chi connectivity index (χ2n) is 27.3. The van der Waals surface area contributed by atoms with Gasteiger partial charge in [0.05, 0.1) is 26.4 Å². The molecular formula is C89H148O17P2. The summed E-state index contributed by atoms with van der Waals surface area (Å²) in [6.07, 6.45) is 93.5. The molecular weight excluding hydrogens is 1400 g/mol. The van der Waals surface area contributed by atoms with Gasteiger partial charge in [-0.25, -0.2) is 9.13 Å². The lowest BCUT2D eigenvalue weighted by Gasteiger charge is -2.21. The third-order valence-corrected chi connectivity index (χ3v) is 18.8. The fraction of sp³-hybridized carbons (Fsp3) is 0.663. The van der Waals surface area contributed by atoms with E-state index in [-0.39, 0.29) is 25.7 Å². The summed E-state index contributed by atoms with van der Waals surface area (Å²) in [4.78, 5) is 73.2. The molecule has 0 rings (SSSR count). The summed E-state index contributed by atoms with van der Waals surface area (Å²) in [5.41, 5.74) is 0. The molecule has 0 saturated carbocycles. The number of aliphatic hydroxyl groups excluding tert-OH is 1. The number of aliphatic hydroxyl groups is 1. The Labute approximate surface area is 655 Å². The van der Waals surface area contributed by atoms with Crippen LogP contribution in [0, 0.1) is 0 Å². The number of allylic oxidation sites excluding steroid dienone is 26. The predicted octanol–water partition coefficient (Wildman–Crippen LogP) is 24.8. The Bertz CT molecular complexity index is 2660. The Hall–Kier alpha value is -5.32. The second kappa shape index (κ2) is 79.8. The van der Waals surface area contributed by atoms with Crippen molar-refractivity contribution in [2.24, 2.45) is 0 Å². The zero-order valence-corrected chi connectivity index (χ0v) is 69.3. The van der Waals surface area contributed by atoms with Crippen LogP contribution in [0.2, 0.25) is 0 Å². The van der Waals surface area contributed by atoms with E-state index >= 15 is 0 Å². The van der Waals surface area contributed by atoms with Crippen molar-refractivity contribution in [1.82, 2.24) is 0 Å². The van der Waals surface area contributed by atoms with E-state index in [9.17, 15) is 43.2 Å². The molecule has 0 fully saturated rings. The van der Waals surface area contributed by atoms with Gasteiger partial charge in [-0.2, -0.15) is 0 Å². The van der Waals surface area contributed by atoms with Crippen LogP contribution in [-0.4, -0.2) is 96.7 Å². The highest BCUT2D eigenvalue weighted by Crippen LogP contribution is 2.45. The monoisotopic (exact) mass is 1550 g/mol. The largest absolute Gasteiger partial charge is 0.472 e. The highest BCUT2D eigenvalue weighted by Gasteiger charge is 2.30. The van der Waals surface area contributed by atoms with Gasteiger partial charge in [0.15, 0.2) is 12.2 Å². The van der Waals surface area contributed by atoms with Gasteiger partial charge < -0.3 is 33.8 Å². The van der Waals surface area contributed by atoms with Crippen molar-refractivity contribution < 1.29 is 80.2 Å². The normalized spacial score (nSPS) is 14.6. The van der Waals surface area contributed by atoms with Crippen LogP contribution in [0.25, 0.3) is 0 Å². The lowest BCUT2D eigenvalue weighted by atomic mass is 10.1. The minimum Gasteiger partial charge on any atom is -0.462 e. The molecule has 0 amide bonds. The van der Waals surface area contributed by atoms with Crippen molar-refractivity contribution in [3.8, 4) is 0 Å². The summed E-state index contributed by atoms with van der Waals surface area (Å²) in [5.74, 6) is -2.25. The van der Waals surface area contributed by atoms with Gasteiger partial charge in [0.2, 0.25) is 0 Å². The summed E-state index contributed by atoms with van der Waals surface area (Å²) in [6.45, 7) is 4.50. The summed E-state index contributed by atoms with van der Waals surface area (Å²) < 4.78 is 68.7. The van der Waals surface area contributed by atoms with Crippen LogP contribution < -0.4 is 0 Å². The van der Waals surface area contributed by atoms with Crippen LogP contribution in [0.3, 0.4) is 0 Å². The Balaban J connectivity index is 5.41.